The molecule has 2 rings (SSSR count). The van der Waals surface area contributed by atoms with Gasteiger partial charge in [-0.1, -0.05) is 17.7 Å². The molecule has 0 aliphatic carbocycles. The number of nitrogens with one attached hydrogen (secondary N) is 1. The highest BCUT2D eigenvalue weighted by Crippen LogP contribution is 2.28. The fraction of sp³-hybridized carbons (Fsp3) is 0.333. The lowest BCUT2D eigenvalue weighted by Crippen LogP contribution is -2.38. The molecule has 0 atom stereocenters. The van der Waals surface area contributed by atoms with Crippen LogP contribution in [-0.2, 0) is 19.6 Å². The summed E-state index contributed by atoms with van der Waals surface area (Å²) in [4.78, 5) is 24.2. The van der Waals surface area contributed by atoms with Crippen LogP contribution in [0.4, 0.5) is 11.4 Å². The Labute approximate surface area is 171 Å². The molecule has 0 aliphatic rings. The summed E-state index contributed by atoms with van der Waals surface area (Å²) in [6.07, 6.45) is 1.08. The smallest absolute Gasteiger partial charge is 0.338 e. The van der Waals surface area contributed by atoms with Gasteiger partial charge in [0, 0.05) is 5.69 Å². The lowest BCUT2D eigenvalue weighted by Gasteiger charge is -2.26. The Balaban J connectivity index is 2.21. The number of carbonyl (C=O) groups is 2. The number of esters is 1. The standard InChI is InChI=1S/C21H26N2O5S/c1-6-28-21(25)17-7-9-18(10-8-17)22-19(24)13-23(29(5,26)27)20-15(3)11-14(2)12-16(20)4/h7-12H,6,13H2,1-5H3,(H,22,24). The molecule has 1 N–H and O–H groups in total. The van der Waals surface area contributed by atoms with Gasteiger partial charge in [0.1, 0.15) is 6.54 Å². The van der Waals surface area contributed by atoms with Crippen LogP contribution >= 0.6 is 0 Å². The van der Waals surface area contributed by atoms with Crippen molar-refractivity contribution >= 4 is 33.3 Å². The van der Waals surface area contributed by atoms with Crippen LogP contribution in [0.5, 0.6) is 0 Å². The van der Waals surface area contributed by atoms with Crippen molar-refractivity contribution in [1.29, 1.82) is 0 Å². The van der Waals surface area contributed by atoms with E-state index in [2.05, 4.69) is 5.32 Å². The molecule has 0 fully saturated rings. The first-order valence-corrected chi connectivity index (χ1v) is 11.0. The number of aryl methyl sites for hydroxylation is 3. The van der Waals surface area contributed by atoms with E-state index >= 15 is 0 Å². The summed E-state index contributed by atoms with van der Waals surface area (Å²) in [5.41, 5.74) is 3.90. The fourth-order valence-electron chi connectivity index (χ4n) is 3.16. The van der Waals surface area contributed by atoms with Gasteiger partial charge in [-0.2, -0.15) is 0 Å². The van der Waals surface area contributed by atoms with E-state index in [-0.39, 0.29) is 13.2 Å². The van der Waals surface area contributed by atoms with E-state index in [0.717, 1.165) is 27.3 Å². The number of hydrogen-bond donors (Lipinski definition) is 1. The first-order valence-electron chi connectivity index (χ1n) is 9.15. The van der Waals surface area contributed by atoms with Crippen molar-refractivity contribution in [2.45, 2.75) is 27.7 Å². The van der Waals surface area contributed by atoms with Crippen molar-refractivity contribution in [3.8, 4) is 0 Å². The van der Waals surface area contributed by atoms with Gasteiger partial charge in [-0.05, 0) is 63.1 Å². The lowest BCUT2D eigenvalue weighted by atomic mass is 10.1. The van der Waals surface area contributed by atoms with Gasteiger partial charge in [0.05, 0.1) is 24.1 Å². The van der Waals surface area contributed by atoms with Gasteiger partial charge in [0.25, 0.3) is 0 Å². The van der Waals surface area contributed by atoms with Gasteiger partial charge in [-0.3, -0.25) is 9.10 Å². The molecule has 0 saturated carbocycles. The van der Waals surface area contributed by atoms with Crippen LogP contribution in [0, 0.1) is 20.8 Å². The predicted octanol–water partition coefficient (Wildman–Crippen LogP) is 3.19. The number of benzene rings is 2. The van der Waals surface area contributed by atoms with E-state index in [0.29, 0.717) is 16.9 Å². The van der Waals surface area contributed by atoms with Crippen molar-refractivity contribution in [3.05, 3.63) is 58.7 Å². The predicted molar refractivity (Wildman–Crippen MR) is 114 cm³/mol. The second-order valence-corrected chi connectivity index (χ2v) is 8.77. The van der Waals surface area contributed by atoms with Gasteiger partial charge in [-0.25, -0.2) is 13.2 Å². The van der Waals surface area contributed by atoms with Crippen LogP contribution in [0.15, 0.2) is 36.4 Å². The number of ether oxygens (including phenoxy) is 1. The largest absolute Gasteiger partial charge is 0.462 e. The molecule has 29 heavy (non-hydrogen) atoms. The van der Waals surface area contributed by atoms with Crippen molar-refractivity contribution in [3.63, 3.8) is 0 Å². The average Bonchev–Trinajstić information content (AvgIpc) is 2.60. The van der Waals surface area contributed by atoms with E-state index in [4.69, 9.17) is 4.74 Å². The molecule has 0 unspecified atom stereocenters. The maximum atomic E-state index is 12.5. The molecule has 0 bridgehead atoms. The number of sulfonamides is 1. The normalized spacial score (nSPS) is 11.1. The molecular weight excluding hydrogens is 392 g/mol. The fourth-order valence-corrected chi connectivity index (χ4v) is 4.13. The molecule has 7 nitrogen and oxygen atoms in total. The molecule has 8 heteroatoms. The van der Waals surface area contributed by atoms with Crippen LogP contribution in [0.3, 0.4) is 0 Å². The first kappa shape index (κ1) is 22.4. The third-order valence-corrected chi connectivity index (χ3v) is 5.36. The van der Waals surface area contributed by atoms with Crippen LogP contribution in [0.1, 0.15) is 34.0 Å². The van der Waals surface area contributed by atoms with Crippen LogP contribution < -0.4 is 9.62 Å². The molecule has 0 spiro atoms. The summed E-state index contributed by atoms with van der Waals surface area (Å²) < 4.78 is 30.8. The van der Waals surface area contributed by atoms with Crippen molar-refractivity contribution in [2.24, 2.45) is 0 Å². The molecule has 2 aromatic rings. The second kappa shape index (κ2) is 9.09. The Morgan fingerprint density at radius 1 is 1.03 bits per heavy atom. The average molecular weight is 419 g/mol. The number of amides is 1. The molecule has 0 aromatic heterocycles. The van der Waals surface area contributed by atoms with E-state index in [1.807, 2.05) is 32.9 Å². The minimum Gasteiger partial charge on any atom is -0.462 e. The van der Waals surface area contributed by atoms with Gasteiger partial charge in [0.15, 0.2) is 0 Å². The molecule has 1 amide bonds. The van der Waals surface area contributed by atoms with E-state index < -0.39 is 21.9 Å². The molecule has 0 saturated heterocycles. The highest BCUT2D eigenvalue weighted by molar-refractivity contribution is 7.92. The Bertz CT molecular complexity index is 991. The summed E-state index contributed by atoms with van der Waals surface area (Å²) in [5, 5.41) is 2.67. The maximum absolute atomic E-state index is 12.5. The van der Waals surface area contributed by atoms with Crippen molar-refractivity contribution < 1.29 is 22.7 Å². The molecule has 0 radical (unpaired) electrons. The number of carbonyl (C=O) groups excluding carboxylic acids is 2. The minimum atomic E-state index is -3.68. The van der Waals surface area contributed by atoms with E-state index in [1.54, 1.807) is 19.1 Å². The Morgan fingerprint density at radius 3 is 2.07 bits per heavy atom. The summed E-state index contributed by atoms with van der Waals surface area (Å²) in [7, 11) is -3.68. The molecule has 2 aromatic carbocycles. The minimum absolute atomic E-state index is 0.274. The number of anilines is 2. The number of nitrogens with zero attached hydrogens (tertiary/aromatic N) is 1. The summed E-state index contributed by atoms with van der Waals surface area (Å²) >= 11 is 0. The Hall–Kier alpha value is -2.87. The van der Waals surface area contributed by atoms with Gasteiger partial charge < -0.3 is 10.1 Å². The monoisotopic (exact) mass is 418 g/mol. The van der Waals surface area contributed by atoms with E-state index in [9.17, 15) is 18.0 Å². The zero-order valence-corrected chi connectivity index (χ0v) is 18.1. The van der Waals surface area contributed by atoms with Gasteiger partial charge >= 0.3 is 5.97 Å². The SMILES string of the molecule is CCOC(=O)c1ccc(NC(=O)CN(c2c(C)cc(C)cc2C)S(C)(=O)=O)cc1. The van der Waals surface area contributed by atoms with Crippen LogP contribution in [-0.4, -0.2) is 39.7 Å². The van der Waals surface area contributed by atoms with Gasteiger partial charge in [-0.15, -0.1) is 0 Å². The van der Waals surface area contributed by atoms with Crippen molar-refractivity contribution in [1.82, 2.24) is 0 Å². The Kier molecular flexibility index (Phi) is 7.02. The third-order valence-electron chi connectivity index (χ3n) is 4.25. The topological polar surface area (TPSA) is 92.8 Å². The van der Waals surface area contributed by atoms with Crippen molar-refractivity contribution in [2.75, 3.05) is 29.0 Å². The lowest BCUT2D eigenvalue weighted by molar-refractivity contribution is -0.114. The molecule has 156 valence electrons. The first-order chi connectivity index (χ1) is 13.5. The Morgan fingerprint density at radius 2 is 1.59 bits per heavy atom. The summed E-state index contributed by atoms with van der Waals surface area (Å²) in [5.74, 6) is -0.933. The van der Waals surface area contributed by atoms with Gasteiger partial charge in [0.2, 0.25) is 15.9 Å². The van der Waals surface area contributed by atoms with Crippen LogP contribution in [0.2, 0.25) is 0 Å². The number of rotatable bonds is 7. The maximum Gasteiger partial charge on any atom is 0.338 e. The zero-order chi connectivity index (χ0) is 21.8. The number of hydrogen-bond acceptors (Lipinski definition) is 5. The summed E-state index contributed by atoms with van der Waals surface area (Å²) in [6, 6.07) is 9.97. The second-order valence-electron chi connectivity index (χ2n) is 6.86. The zero-order valence-electron chi connectivity index (χ0n) is 17.3. The third kappa shape index (κ3) is 5.80. The van der Waals surface area contributed by atoms with E-state index in [1.165, 1.54) is 12.1 Å². The highest BCUT2D eigenvalue weighted by atomic mass is 32.2. The molecular formula is C21H26N2O5S. The quantitative estimate of drug-likeness (QED) is 0.697. The molecule has 0 heterocycles. The molecule has 0 aliphatic heterocycles. The summed E-state index contributed by atoms with van der Waals surface area (Å²) in [6.45, 7) is 7.21. The highest BCUT2D eigenvalue weighted by Gasteiger charge is 2.24. The van der Waals surface area contributed by atoms with Crippen LogP contribution in [0.25, 0.3) is 0 Å².